The lowest BCUT2D eigenvalue weighted by Gasteiger charge is -2.43. The number of nitrogens with zero attached hydrogens (tertiary/aromatic N) is 2. The van der Waals surface area contributed by atoms with E-state index in [9.17, 15) is 0 Å². The summed E-state index contributed by atoms with van der Waals surface area (Å²) in [5.41, 5.74) is 0.675. The molecule has 4 nitrogen and oxygen atoms in total. The molecule has 12 heavy (non-hydrogen) atoms. The Bertz CT molecular complexity index is 264. The quantitative estimate of drug-likeness (QED) is 0.423. The lowest BCUT2D eigenvalue weighted by molar-refractivity contribution is -0.0393. The number of fused-ring (bicyclic) bond motifs is 2. The molecule has 68 valence electrons. The fraction of sp³-hybridized carbons (Fsp3) is 0.875. The van der Waals surface area contributed by atoms with Crippen LogP contribution in [0.1, 0.15) is 17.0 Å². The first-order chi connectivity index (χ1) is 7.02. The molecule has 2 rings (SSSR count). The molecule has 0 amide bonds. The van der Waals surface area contributed by atoms with Gasteiger partial charge in [-0.15, -0.1) is 0 Å². The monoisotopic (exact) mass is 173 g/mol. The van der Waals surface area contributed by atoms with Crippen LogP contribution in [0.15, 0.2) is 5.16 Å². The molecule has 0 aliphatic carbocycles. The van der Waals surface area contributed by atoms with Crippen LogP contribution < -0.4 is 0 Å². The molecule has 2 aliphatic rings. The molecule has 2 fully saturated rings. The van der Waals surface area contributed by atoms with Crippen LogP contribution in [-0.4, -0.2) is 48.1 Å². The highest BCUT2D eigenvalue weighted by Gasteiger charge is 2.34. The average Bonchev–Trinajstić information content (AvgIpc) is 2.14. The van der Waals surface area contributed by atoms with E-state index in [2.05, 4.69) is 5.16 Å². The molecule has 2 atom stereocenters. The summed E-state index contributed by atoms with van der Waals surface area (Å²) in [6.45, 7) is -1.29. The molecule has 0 aromatic rings. The first kappa shape index (κ1) is 5.19. The van der Waals surface area contributed by atoms with E-state index in [1.54, 1.807) is 0 Å². The number of oxime groups is 1. The average molecular weight is 173 g/mol. The van der Waals surface area contributed by atoms with E-state index in [0.717, 1.165) is 0 Å². The minimum Gasteiger partial charge on any atom is -0.411 e. The molecular weight excluding hydrogens is 156 g/mol. The molecule has 0 aromatic carbocycles. The molecule has 1 N–H and O–H groups in total. The zero-order chi connectivity index (χ0) is 11.1. The van der Waals surface area contributed by atoms with Crippen LogP contribution in [0.2, 0.25) is 0 Å². The van der Waals surface area contributed by atoms with Crippen molar-refractivity contribution >= 4 is 5.71 Å². The van der Waals surface area contributed by atoms with Crippen molar-refractivity contribution in [3.8, 4) is 0 Å². The Labute approximate surface area is 76.0 Å². The third-order valence-electron chi connectivity index (χ3n) is 2.49. The van der Waals surface area contributed by atoms with Crippen molar-refractivity contribution in [2.75, 3.05) is 20.2 Å². The Morgan fingerprint density at radius 3 is 2.75 bits per heavy atom. The van der Waals surface area contributed by atoms with Gasteiger partial charge in [0.05, 0.1) is 18.9 Å². The van der Waals surface area contributed by atoms with Crippen LogP contribution in [0.4, 0.5) is 0 Å². The number of hydrogen-bond donors (Lipinski definition) is 1. The smallest absolute Gasteiger partial charge is 0.0626 e. The van der Waals surface area contributed by atoms with Crippen molar-refractivity contribution in [1.82, 2.24) is 4.90 Å². The molecule has 2 saturated heterocycles. The lowest BCUT2D eigenvalue weighted by Crippen LogP contribution is -2.55. The molecule has 0 radical (unpaired) electrons. The van der Waals surface area contributed by atoms with Crippen molar-refractivity contribution < 1.29 is 14.1 Å². The highest BCUT2D eigenvalue weighted by atomic mass is 16.5. The van der Waals surface area contributed by atoms with Crippen molar-refractivity contribution in [3.05, 3.63) is 0 Å². The Morgan fingerprint density at radius 2 is 2.25 bits per heavy atom. The lowest BCUT2D eigenvalue weighted by atomic mass is 9.93. The van der Waals surface area contributed by atoms with Gasteiger partial charge in [-0.05, 0) is 6.98 Å². The standard InChI is InChI=1S/C8H14N2O2/c1-10-7-2-6(9-11)3-8(10)5-12-4-7/h7-8,11H,2-5H2,1H3/i1D3. The summed E-state index contributed by atoms with van der Waals surface area (Å²) in [4.78, 5) is 1.52. The largest absolute Gasteiger partial charge is 0.411 e. The van der Waals surface area contributed by atoms with Crippen molar-refractivity contribution in [2.45, 2.75) is 24.9 Å². The Morgan fingerprint density at radius 1 is 1.58 bits per heavy atom. The van der Waals surface area contributed by atoms with Gasteiger partial charge in [-0.1, -0.05) is 5.16 Å². The minimum atomic E-state index is -2.08. The zero-order valence-corrected chi connectivity index (χ0v) is 6.73. The van der Waals surface area contributed by atoms with Gasteiger partial charge in [0.1, 0.15) is 0 Å². The molecule has 4 heteroatoms. The van der Waals surface area contributed by atoms with Gasteiger partial charge in [-0.25, -0.2) is 0 Å². The van der Waals surface area contributed by atoms with Crippen LogP contribution in [0.25, 0.3) is 0 Å². The molecular formula is C8H14N2O2. The second-order valence-electron chi connectivity index (χ2n) is 3.33. The highest BCUT2D eigenvalue weighted by molar-refractivity contribution is 5.85. The zero-order valence-electron chi connectivity index (χ0n) is 9.73. The maximum absolute atomic E-state index is 8.72. The van der Waals surface area contributed by atoms with Gasteiger partial charge in [-0.2, -0.15) is 0 Å². The van der Waals surface area contributed by atoms with E-state index in [0.29, 0.717) is 31.8 Å². The number of ether oxygens (including phenoxy) is 1. The first-order valence-corrected chi connectivity index (χ1v) is 4.08. The topological polar surface area (TPSA) is 45.1 Å². The van der Waals surface area contributed by atoms with Crippen molar-refractivity contribution in [3.63, 3.8) is 0 Å². The molecule has 0 spiro atoms. The SMILES string of the molecule is [2H]C([2H])([2H])N1C2COCC1CC(=NO)C2. The highest BCUT2D eigenvalue weighted by Crippen LogP contribution is 2.23. The maximum Gasteiger partial charge on any atom is 0.0626 e. The molecule has 2 bridgehead atoms. The van der Waals surface area contributed by atoms with Crippen LogP contribution in [-0.2, 0) is 4.74 Å². The van der Waals surface area contributed by atoms with Gasteiger partial charge < -0.3 is 9.94 Å². The molecule has 0 aromatic heterocycles. The number of morpholine rings is 1. The van der Waals surface area contributed by atoms with Crippen LogP contribution in [0.5, 0.6) is 0 Å². The van der Waals surface area contributed by atoms with Crippen LogP contribution >= 0.6 is 0 Å². The van der Waals surface area contributed by atoms with E-state index in [-0.39, 0.29) is 12.1 Å². The molecule has 2 heterocycles. The molecule has 0 saturated carbocycles. The summed E-state index contributed by atoms with van der Waals surface area (Å²) < 4.78 is 27.7. The van der Waals surface area contributed by atoms with Gasteiger partial charge in [0.15, 0.2) is 0 Å². The van der Waals surface area contributed by atoms with E-state index in [1.807, 2.05) is 0 Å². The van der Waals surface area contributed by atoms with E-state index in [1.165, 1.54) is 4.90 Å². The summed E-state index contributed by atoms with van der Waals surface area (Å²) in [6.07, 6.45) is 0.955. The Hall–Kier alpha value is -0.610. The summed E-state index contributed by atoms with van der Waals surface area (Å²) in [7, 11) is 0. The van der Waals surface area contributed by atoms with E-state index >= 15 is 0 Å². The first-order valence-electron chi connectivity index (χ1n) is 5.58. The Balaban J connectivity index is 2.21. The Kier molecular flexibility index (Phi) is 1.31. The van der Waals surface area contributed by atoms with Crippen molar-refractivity contribution in [2.24, 2.45) is 5.16 Å². The molecule has 2 unspecified atom stereocenters. The summed E-state index contributed by atoms with van der Waals surface area (Å²) in [5, 5.41) is 11.9. The van der Waals surface area contributed by atoms with Gasteiger partial charge >= 0.3 is 0 Å². The predicted molar refractivity (Wildman–Crippen MR) is 44.6 cm³/mol. The van der Waals surface area contributed by atoms with Gasteiger partial charge in [0, 0.05) is 29.0 Å². The van der Waals surface area contributed by atoms with Crippen LogP contribution in [0.3, 0.4) is 0 Å². The van der Waals surface area contributed by atoms with Crippen molar-refractivity contribution in [1.29, 1.82) is 0 Å². The van der Waals surface area contributed by atoms with Gasteiger partial charge in [-0.3, -0.25) is 4.90 Å². The third-order valence-corrected chi connectivity index (χ3v) is 2.49. The van der Waals surface area contributed by atoms with Gasteiger partial charge in [0.25, 0.3) is 0 Å². The fourth-order valence-corrected chi connectivity index (χ4v) is 1.82. The van der Waals surface area contributed by atoms with Crippen LogP contribution in [0, 0.1) is 0 Å². The van der Waals surface area contributed by atoms with E-state index < -0.39 is 6.98 Å². The van der Waals surface area contributed by atoms with Gasteiger partial charge in [0.2, 0.25) is 0 Å². The number of likely N-dealkylation sites (N-methyl/N-ethyl adjacent to an activating group) is 1. The summed E-state index contributed by atoms with van der Waals surface area (Å²) in [5.74, 6) is 0. The second-order valence-corrected chi connectivity index (χ2v) is 3.33. The summed E-state index contributed by atoms with van der Waals surface area (Å²) >= 11 is 0. The predicted octanol–water partition coefficient (Wildman–Crippen LogP) is 0.310. The maximum atomic E-state index is 8.72. The minimum absolute atomic E-state index is 0.184. The molecule has 2 aliphatic heterocycles. The normalized spacial score (nSPS) is 41.3. The summed E-state index contributed by atoms with van der Waals surface area (Å²) in [6, 6.07) is -0.369. The number of rotatable bonds is 0. The van der Waals surface area contributed by atoms with E-state index in [4.69, 9.17) is 14.1 Å². The second kappa shape index (κ2) is 3.03. The fourth-order valence-electron chi connectivity index (χ4n) is 1.82. The number of piperidine rings is 1. The third kappa shape index (κ3) is 1.21. The number of hydrogen-bond acceptors (Lipinski definition) is 4.